The molecule has 0 aliphatic carbocycles. The molecule has 0 aliphatic heterocycles. The molecule has 90 valence electrons. The van der Waals surface area contributed by atoms with Gasteiger partial charge in [-0.15, -0.1) is 0 Å². The number of rotatable bonds is 7. The van der Waals surface area contributed by atoms with E-state index < -0.39 is 6.10 Å². The zero-order chi connectivity index (χ0) is 11.8. The second-order valence-corrected chi connectivity index (χ2v) is 4.44. The summed E-state index contributed by atoms with van der Waals surface area (Å²) in [5.41, 5.74) is 0.893. The fourth-order valence-corrected chi connectivity index (χ4v) is 1.52. The molecule has 0 bridgehead atoms. The van der Waals surface area contributed by atoms with Gasteiger partial charge in [-0.25, -0.2) is 0 Å². The van der Waals surface area contributed by atoms with Gasteiger partial charge in [-0.05, 0) is 28.1 Å². The van der Waals surface area contributed by atoms with E-state index in [1.54, 1.807) is 13.3 Å². The van der Waals surface area contributed by atoms with Gasteiger partial charge < -0.3 is 15.2 Å². The summed E-state index contributed by atoms with van der Waals surface area (Å²) in [6.45, 7) is 1.96. The van der Waals surface area contributed by atoms with Gasteiger partial charge in [0, 0.05) is 43.0 Å². The molecule has 4 nitrogen and oxygen atoms in total. The number of aromatic nitrogens is 1. The third-order valence-corrected chi connectivity index (χ3v) is 2.57. The molecular formula is C11H17BrN2O2. The van der Waals surface area contributed by atoms with Crippen LogP contribution in [0.25, 0.3) is 0 Å². The number of nitrogens with one attached hydrogen (secondary N) is 1. The van der Waals surface area contributed by atoms with Crippen LogP contribution in [0.15, 0.2) is 22.8 Å². The van der Waals surface area contributed by atoms with Crippen LogP contribution in [0, 0.1) is 0 Å². The van der Waals surface area contributed by atoms with E-state index >= 15 is 0 Å². The van der Waals surface area contributed by atoms with Gasteiger partial charge in [0.1, 0.15) is 0 Å². The van der Waals surface area contributed by atoms with Crippen LogP contribution >= 0.6 is 15.9 Å². The number of pyridine rings is 1. The summed E-state index contributed by atoms with van der Waals surface area (Å²) in [7, 11) is 1.66. The number of halogens is 1. The second-order valence-electron chi connectivity index (χ2n) is 3.52. The van der Waals surface area contributed by atoms with Crippen LogP contribution in [0.4, 0.5) is 0 Å². The third kappa shape index (κ3) is 5.55. The number of hydrogen-bond acceptors (Lipinski definition) is 4. The lowest BCUT2D eigenvalue weighted by Crippen LogP contribution is -2.30. The Morgan fingerprint density at radius 1 is 1.56 bits per heavy atom. The Morgan fingerprint density at radius 3 is 3.00 bits per heavy atom. The van der Waals surface area contributed by atoms with E-state index in [9.17, 15) is 5.11 Å². The molecule has 0 fully saturated rings. The van der Waals surface area contributed by atoms with Crippen molar-refractivity contribution in [1.82, 2.24) is 10.3 Å². The highest BCUT2D eigenvalue weighted by molar-refractivity contribution is 9.10. The Bertz CT molecular complexity index is 293. The first-order chi connectivity index (χ1) is 7.72. The highest BCUT2D eigenvalue weighted by atomic mass is 79.9. The van der Waals surface area contributed by atoms with Gasteiger partial charge in [-0.1, -0.05) is 0 Å². The molecule has 0 spiro atoms. The summed E-state index contributed by atoms with van der Waals surface area (Å²) in [5, 5.41) is 12.8. The SMILES string of the molecule is COCCNCC(O)Cc1ccc(Br)cn1. The first-order valence-corrected chi connectivity index (χ1v) is 6.00. The predicted molar refractivity (Wildman–Crippen MR) is 66.4 cm³/mol. The Labute approximate surface area is 104 Å². The van der Waals surface area contributed by atoms with E-state index in [0.29, 0.717) is 19.6 Å². The molecular weight excluding hydrogens is 272 g/mol. The minimum atomic E-state index is -0.412. The maximum absolute atomic E-state index is 9.72. The Hall–Kier alpha value is -0.490. The minimum absolute atomic E-state index is 0.412. The van der Waals surface area contributed by atoms with Gasteiger partial charge in [0.15, 0.2) is 0 Å². The quantitative estimate of drug-likeness (QED) is 0.735. The number of ether oxygens (including phenoxy) is 1. The maximum atomic E-state index is 9.72. The van der Waals surface area contributed by atoms with Crippen molar-refractivity contribution in [3.05, 3.63) is 28.5 Å². The summed E-state index contributed by atoms with van der Waals surface area (Å²) >= 11 is 3.32. The van der Waals surface area contributed by atoms with Gasteiger partial charge in [0.2, 0.25) is 0 Å². The Balaban J connectivity index is 2.23. The van der Waals surface area contributed by atoms with Crippen molar-refractivity contribution in [3.63, 3.8) is 0 Å². The van der Waals surface area contributed by atoms with Gasteiger partial charge in [-0.2, -0.15) is 0 Å². The lowest BCUT2D eigenvalue weighted by molar-refractivity contribution is 0.159. The number of aliphatic hydroxyl groups is 1. The Kier molecular flexibility index (Phi) is 6.56. The van der Waals surface area contributed by atoms with Crippen LogP contribution in [0.2, 0.25) is 0 Å². The molecule has 0 saturated heterocycles. The molecule has 1 aromatic rings. The van der Waals surface area contributed by atoms with E-state index in [2.05, 4.69) is 26.2 Å². The molecule has 0 saturated carbocycles. The van der Waals surface area contributed by atoms with E-state index in [1.807, 2.05) is 12.1 Å². The molecule has 1 atom stereocenters. The predicted octanol–water partition coefficient (Wildman–Crippen LogP) is 0.983. The smallest absolute Gasteiger partial charge is 0.0719 e. The average molecular weight is 289 g/mol. The second kappa shape index (κ2) is 7.73. The number of methoxy groups -OCH3 is 1. The van der Waals surface area contributed by atoms with Gasteiger partial charge >= 0.3 is 0 Å². The molecule has 1 rings (SSSR count). The van der Waals surface area contributed by atoms with E-state index in [1.165, 1.54) is 0 Å². The number of aliphatic hydroxyl groups excluding tert-OH is 1. The average Bonchev–Trinajstić information content (AvgIpc) is 2.28. The number of hydrogen-bond donors (Lipinski definition) is 2. The zero-order valence-corrected chi connectivity index (χ0v) is 10.9. The summed E-state index contributed by atoms with van der Waals surface area (Å²) in [4.78, 5) is 4.20. The van der Waals surface area contributed by atoms with Crippen molar-refractivity contribution < 1.29 is 9.84 Å². The van der Waals surface area contributed by atoms with Crippen LogP contribution in [0.5, 0.6) is 0 Å². The van der Waals surface area contributed by atoms with Gasteiger partial charge in [0.25, 0.3) is 0 Å². The molecule has 16 heavy (non-hydrogen) atoms. The largest absolute Gasteiger partial charge is 0.391 e. The van der Waals surface area contributed by atoms with Crippen LogP contribution in [0.3, 0.4) is 0 Å². The maximum Gasteiger partial charge on any atom is 0.0719 e. The van der Waals surface area contributed by atoms with E-state index in [4.69, 9.17) is 4.74 Å². The molecule has 0 aliphatic rings. The monoisotopic (exact) mass is 288 g/mol. The minimum Gasteiger partial charge on any atom is -0.391 e. The molecule has 1 aromatic heterocycles. The van der Waals surface area contributed by atoms with E-state index in [-0.39, 0.29) is 0 Å². The van der Waals surface area contributed by atoms with Gasteiger partial charge in [0.05, 0.1) is 12.7 Å². The zero-order valence-electron chi connectivity index (χ0n) is 9.32. The van der Waals surface area contributed by atoms with Crippen molar-refractivity contribution >= 4 is 15.9 Å². The summed E-state index contributed by atoms with van der Waals surface area (Å²) < 4.78 is 5.84. The van der Waals surface area contributed by atoms with Crippen LogP contribution < -0.4 is 5.32 Å². The van der Waals surface area contributed by atoms with Crippen LogP contribution in [0.1, 0.15) is 5.69 Å². The standard InChI is InChI=1S/C11H17BrN2O2/c1-16-5-4-13-8-11(15)6-10-3-2-9(12)7-14-10/h2-3,7,11,13,15H,4-6,8H2,1H3. The molecule has 1 heterocycles. The van der Waals surface area contributed by atoms with Gasteiger partial charge in [-0.3, -0.25) is 4.98 Å². The summed E-state index contributed by atoms with van der Waals surface area (Å²) in [5.74, 6) is 0. The summed E-state index contributed by atoms with van der Waals surface area (Å²) in [6, 6.07) is 3.83. The highest BCUT2D eigenvalue weighted by Gasteiger charge is 2.05. The van der Waals surface area contributed by atoms with Crippen molar-refractivity contribution in [1.29, 1.82) is 0 Å². The molecule has 1 unspecified atom stereocenters. The van der Waals surface area contributed by atoms with Crippen molar-refractivity contribution in [3.8, 4) is 0 Å². The normalized spacial score (nSPS) is 12.7. The van der Waals surface area contributed by atoms with E-state index in [0.717, 1.165) is 16.7 Å². The Morgan fingerprint density at radius 2 is 2.38 bits per heavy atom. The highest BCUT2D eigenvalue weighted by Crippen LogP contribution is 2.08. The molecule has 5 heteroatoms. The first kappa shape index (κ1) is 13.6. The lowest BCUT2D eigenvalue weighted by atomic mass is 10.2. The fourth-order valence-electron chi connectivity index (χ4n) is 1.28. The van der Waals surface area contributed by atoms with Crippen molar-refractivity contribution in [2.24, 2.45) is 0 Å². The molecule has 0 aromatic carbocycles. The van der Waals surface area contributed by atoms with Crippen LogP contribution in [-0.2, 0) is 11.2 Å². The molecule has 0 radical (unpaired) electrons. The number of nitrogens with zero attached hydrogens (tertiary/aromatic N) is 1. The first-order valence-electron chi connectivity index (χ1n) is 5.20. The fraction of sp³-hybridized carbons (Fsp3) is 0.545. The summed E-state index contributed by atoms with van der Waals surface area (Å²) in [6.07, 6.45) is 1.89. The topological polar surface area (TPSA) is 54.4 Å². The third-order valence-electron chi connectivity index (χ3n) is 2.10. The molecule has 2 N–H and O–H groups in total. The lowest BCUT2D eigenvalue weighted by Gasteiger charge is -2.11. The van der Waals surface area contributed by atoms with Crippen LogP contribution in [-0.4, -0.2) is 43.0 Å². The van der Waals surface area contributed by atoms with Crippen molar-refractivity contribution in [2.45, 2.75) is 12.5 Å². The van der Waals surface area contributed by atoms with Crippen molar-refractivity contribution in [2.75, 3.05) is 26.8 Å². The molecule has 0 amide bonds.